The molecule has 0 radical (unpaired) electrons. The van der Waals surface area contributed by atoms with Crippen molar-refractivity contribution in [1.29, 1.82) is 0 Å². The average Bonchev–Trinajstić information content (AvgIpc) is 2.33. The van der Waals surface area contributed by atoms with Crippen molar-refractivity contribution < 1.29 is 4.79 Å². The fourth-order valence-corrected chi connectivity index (χ4v) is 4.63. The summed E-state index contributed by atoms with van der Waals surface area (Å²) >= 11 is 0. The third kappa shape index (κ3) is 3.65. The average molecular weight is 336 g/mol. The lowest BCUT2D eigenvalue weighted by atomic mass is 9.71. The first-order chi connectivity index (χ1) is 11.0. The van der Waals surface area contributed by atoms with E-state index in [1.807, 2.05) is 0 Å². The molecule has 0 saturated carbocycles. The predicted octanol–water partition coefficient (Wildman–Crippen LogP) is 2.69. The Morgan fingerprint density at radius 2 is 1.50 bits per heavy atom. The number of likely N-dealkylation sites (tertiary alicyclic amines) is 3. The van der Waals surface area contributed by atoms with E-state index in [-0.39, 0.29) is 5.54 Å². The zero-order valence-electron chi connectivity index (χ0n) is 16.7. The van der Waals surface area contributed by atoms with E-state index in [0.717, 1.165) is 45.2 Å². The van der Waals surface area contributed by atoms with Crippen LogP contribution in [0.4, 0.5) is 0 Å². The summed E-state index contributed by atoms with van der Waals surface area (Å²) < 4.78 is 0. The predicted molar refractivity (Wildman–Crippen MR) is 99.0 cm³/mol. The van der Waals surface area contributed by atoms with Crippen molar-refractivity contribution in [2.45, 2.75) is 59.9 Å². The summed E-state index contributed by atoms with van der Waals surface area (Å²) in [5.74, 6) is 1.15. The normalized spacial score (nSPS) is 26.3. The van der Waals surface area contributed by atoms with Gasteiger partial charge in [-0.25, -0.2) is 0 Å². The van der Waals surface area contributed by atoms with E-state index >= 15 is 0 Å². The number of piperidine rings is 1. The number of carbonyl (C=O) groups is 1. The van der Waals surface area contributed by atoms with Gasteiger partial charge in [0.05, 0.1) is 6.54 Å². The maximum atomic E-state index is 12.5. The van der Waals surface area contributed by atoms with Crippen LogP contribution in [-0.2, 0) is 4.79 Å². The molecule has 0 unspecified atom stereocenters. The fraction of sp³-hybridized carbons (Fsp3) is 0.950. The molecule has 1 spiro atoms. The van der Waals surface area contributed by atoms with Crippen LogP contribution in [0.15, 0.2) is 0 Å². The molecule has 0 bridgehead atoms. The molecular formula is C20H37N3O. The SMILES string of the molecule is CC(C)(C)C1CCN(CC(=O)N2CC3(C2)CN(C(C)(C)C)C3)CC1. The fourth-order valence-electron chi connectivity index (χ4n) is 4.63. The van der Waals surface area contributed by atoms with Crippen LogP contribution in [0.3, 0.4) is 0 Å². The molecule has 3 fully saturated rings. The van der Waals surface area contributed by atoms with Crippen molar-refractivity contribution in [1.82, 2.24) is 14.7 Å². The lowest BCUT2D eigenvalue weighted by Crippen LogP contribution is -2.75. The monoisotopic (exact) mass is 335 g/mol. The number of carbonyl (C=O) groups excluding carboxylic acids is 1. The molecule has 0 atom stereocenters. The smallest absolute Gasteiger partial charge is 0.236 e. The molecule has 0 aliphatic carbocycles. The van der Waals surface area contributed by atoms with Gasteiger partial charge in [-0.15, -0.1) is 0 Å². The number of nitrogens with zero attached hydrogens (tertiary/aromatic N) is 3. The number of rotatable bonds is 2. The second-order valence-electron chi connectivity index (χ2n) is 10.7. The van der Waals surface area contributed by atoms with Crippen molar-refractivity contribution in [3.8, 4) is 0 Å². The van der Waals surface area contributed by atoms with Crippen LogP contribution in [-0.4, -0.2) is 72.0 Å². The molecule has 3 saturated heterocycles. The Hall–Kier alpha value is -0.610. The molecule has 3 aliphatic heterocycles. The van der Waals surface area contributed by atoms with Crippen LogP contribution in [0.2, 0.25) is 0 Å². The molecule has 0 N–H and O–H groups in total. The van der Waals surface area contributed by atoms with Crippen molar-refractivity contribution in [2.75, 3.05) is 45.8 Å². The topological polar surface area (TPSA) is 26.8 Å². The molecule has 0 aromatic rings. The standard InChI is InChI=1S/C20H37N3O/c1-18(2,3)16-7-9-21(10-8-16)11-17(24)22-12-20(13-22)14-23(15-20)19(4,5)6/h16H,7-15H2,1-6H3. The lowest BCUT2D eigenvalue weighted by molar-refractivity contribution is -0.169. The molecule has 4 heteroatoms. The number of hydrogen-bond acceptors (Lipinski definition) is 3. The minimum absolute atomic E-state index is 0.271. The van der Waals surface area contributed by atoms with Gasteiger partial charge in [0, 0.05) is 37.1 Å². The summed E-state index contributed by atoms with van der Waals surface area (Å²) in [6, 6.07) is 0. The van der Waals surface area contributed by atoms with Crippen LogP contribution < -0.4 is 0 Å². The summed E-state index contributed by atoms with van der Waals surface area (Å²) in [5.41, 5.74) is 1.10. The Balaban J connectivity index is 1.38. The van der Waals surface area contributed by atoms with Gasteiger partial charge < -0.3 is 4.90 Å². The highest BCUT2D eigenvalue weighted by Gasteiger charge is 2.55. The Labute approximate surface area is 148 Å². The first-order valence-electron chi connectivity index (χ1n) is 9.74. The van der Waals surface area contributed by atoms with Gasteiger partial charge in [0.2, 0.25) is 5.91 Å². The Morgan fingerprint density at radius 1 is 0.958 bits per heavy atom. The van der Waals surface area contributed by atoms with Crippen molar-refractivity contribution in [3.05, 3.63) is 0 Å². The van der Waals surface area contributed by atoms with E-state index in [1.54, 1.807) is 0 Å². The lowest BCUT2D eigenvalue weighted by Gasteiger charge is -2.63. The van der Waals surface area contributed by atoms with Crippen LogP contribution in [0, 0.1) is 16.7 Å². The molecule has 138 valence electrons. The highest BCUT2D eigenvalue weighted by molar-refractivity contribution is 5.79. The summed E-state index contributed by atoms with van der Waals surface area (Å²) in [4.78, 5) is 19.5. The first-order valence-corrected chi connectivity index (χ1v) is 9.74. The highest BCUT2D eigenvalue weighted by atomic mass is 16.2. The zero-order valence-corrected chi connectivity index (χ0v) is 16.7. The largest absolute Gasteiger partial charge is 0.340 e. The van der Waals surface area contributed by atoms with Crippen LogP contribution in [0.25, 0.3) is 0 Å². The molecule has 3 rings (SSSR count). The third-order valence-electron chi connectivity index (χ3n) is 6.58. The molecule has 4 nitrogen and oxygen atoms in total. The summed E-state index contributed by atoms with van der Waals surface area (Å²) in [5, 5.41) is 0. The van der Waals surface area contributed by atoms with Gasteiger partial charge in [0.1, 0.15) is 0 Å². The van der Waals surface area contributed by atoms with Crippen LogP contribution in [0.5, 0.6) is 0 Å². The van der Waals surface area contributed by atoms with Crippen LogP contribution >= 0.6 is 0 Å². The van der Waals surface area contributed by atoms with E-state index < -0.39 is 0 Å². The van der Waals surface area contributed by atoms with Crippen molar-refractivity contribution >= 4 is 5.91 Å². The second kappa shape index (κ2) is 5.98. The van der Waals surface area contributed by atoms with E-state index in [2.05, 4.69) is 56.2 Å². The molecule has 3 aliphatic rings. The summed E-state index contributed by atoms with van der Waals surface area (Å²) in [6.45, 7) is 21.0. The van der Waals surface area contributed by atoms with E-state index in [4.69, 9.17) is 0 Å². The van der Waals surface area contributed by atoms with E-state index in [0.29, 0.717) is 23.3 Å². The van der Waals surface area contributed by atoms with E-state index in [1.165, 1.54) is 12.8 Å². The van der Waals surface area contributed by atoms with Gasteiger partial charge in [-0.3, -0.25) is 14.6 Å². The molecule has 3 heterocycles. The molecule has 0 aromatic carbocycles. The quantitative estimate of drug-likeness (QED) is 0.776. The minimum Gasteiger partial charge on any atom is -0.340 e. The number of amides is 1. The maximum absolute atomic E-state index is 12.5. The summed E-state index contributed by atoms with van der Waals surface area (Å²) in [7, 11) is 0. The molecule has 0 aromatic heterocycles. The molecule has 1 amide bonds. The van der Waals surface area contributed by atoms with Gasteiger partial charge in [-0.05, 0) is 58.0 Å². The second-order valence-corrected chi connectivity index (χ2v) is 10.7. The Bertz CT molecular complexity index is 466. The van der Waals surface area contributed by atoms with Gasteiger partial charge >= 0.3 is 0 Å². The first kappa shape index (κ1) is 18.2. The highest BCUT2D eigenvalue weighted by Crippen LogP contribution is 2.42. The third-order valence-corrected chi connectivity index (χ3v) is 6.58. The number of hydrogen-bond donors (Lipinski definition) is 0. The Morgan fingerprint density at radius 3 is 1.96 bits per heavy atom. The maximum Gasteiger partial charge on any atom is 0.236 e. The summed E-state index contributed by atoms with van der Waals surface area (Å²) in [6.07, 6.45) is 2.47. The van der Waals surface area contributed by atoms with Gasteiger partial charge in [-0.2, -0.15) is 0 Å². The van der Waals surface area contributed by atoms with Gasteiger partial charge in [-0.1, -0.05) is 20.8 Å². The van der Waals surface area contributed by atoms with Crippen LogP contribution in [0.1, 0.15) is 54.4 Å². The Kier molecular flexibility index (Phi) is 4.53. The van der Waals surface area contributed by atoms with Crippen molar-refractivity contribution in [2.24, 2.45) is 16.7 Å². The van der Waals surface area contributed by atoms with Crippen molar-refractivity contribution in [3.63, 3.8) is 0 Å². The minimum atomic E-state index is 0.271. The van der Waals surface area contributed by atoms with Gasteiger partial charge in [0.25, 0.3) is 0 Å². The molecule has 24 heavy (non-hydrogen) atoms. The molecular weight excluding hydrogens is 298 g/mol. The van der Waals surface area contributed by atoms with Gasteiger partial charge in [0.15, 0.2) is 0 Å². The van der Waals surface area contributed by atoms with E-state index in [9.17, 15) is 4.79 Å². The zero-order chi connectivity index (χ0) is 17.8.